The average Bonchev–Trinajstić information content (AvgIpc) is 3.19. The SMILES string of the molecule is CCOc1cc(-c2cc(NCCc3cc4ccccc4cc3C)ncn2)sc1C(=O)O. The first kappa shape index (κ1) is 20.8. The minimum absolute atomic E-state index is 0.178. The molecule has 0 fully saturated rings. The highest BCUT2D eigenvalue weighted by Crippen LogP contribution is 2.36. The molecule has 4 rings (SSSR count). The van der Waals surface area contributed by atoms with E-state index in [0.717, 1.165) is 29.2 Å². The number of benzene rings is 2. The van der Waals surface area contributed by atoms with Crippen molar-refractivity contribution in [2.75, 3.05) is 18.5 Å². The number of fused-ring (bicyclic) bond motifs is 1. The van der Waals surface area contributed by atoms with Gasteiger partial charge >= 0.3 is 5.97 Å². The van der Waals surface area contributed by atoms with Crippen LogP contribution >= 0.6 is 11.3 Å². The van der Waals surface area contributed by atoms with Gasteiger partial charge in [0.1, 0.15) is 17.9 Å². The van der Waals surface area contributed by atoms with E-state index in [1.54, 1.807) is 6.07 Å². The van der Waals surface area contributed by atoms with E-state index in [9.17, 15) is 9.90 Å². The standard InChI is InChI=1S/C24H23N3O3S/c1-3-30-20-13-21(31-23(20)24(28)29)19-12-22(27-14-26-19)25-9-8-16-11-18-7-5-4-6-17(18)10-15(16)2/h4-7,10-14H,3,8-9H2,1-2H3,(H,28,29)(H,25,26,27). The van der Waals surface area contributed by atoms with E-state index in [2.05, 4.69) is 58.6 Å². The van der Waals surface area contributed by atoms with E-state index in [1.165, 1.54) is 28.2 Å². The number of anilines is 1. The van der Waals surface area contributed by atoms with Crippen molar-refractivity contribution < 1.29 is 14.6 Å². The number of aryl methyl sites for hydroxylation is 1. The number of nitrogens with one attached hydrogen (secondary N) is 1. The number of aromatic nitrogens is 2. The fraction of sp³-hybridized carbons (Fsp3) is 0.208. The highest BCUT2D eigenvalue weighted by atomic mass is 32.1. The van der Waals surface area contributed by atoms with E-state index in [0.29, 0.717) is 23.9 Å². The van der Waals surface area contributed by atoms with Gasteiger partial charge in [-0.3, -0.25) is 0 Å². The summed E-state index contributed by atoms with van der Waals surface area (Å²) >= 11 is 1.15. The van der Waals surface area contributed by atoms with Gasteiger partial charge in [0.2, 0.25) is 0 Å². The van der Waals surface area contributed by atoms with Gasteiger partial charge in [-0.05, 0) is 42.2 Å². The first-order valence-electron chi connectivity index (χ1n) is 10.1. The van der Waals surface area contributed by atoms with Gasteiger partial charge in [-0.15, -0.1) is 11.3 Å². The third kappa shape index (κ3) is 4.67. The topological polar surface area (TPSA) is 84.3 Å². The Hall–Kier alpha value is -3.45. The Bertz CT molecular complexity index is 1240. The van der Waals surface area contributed by atoms with Crippen LogP contribution in [-0.2, 0) is 6.42 Å². The number of hydrogen-bond donors (Lipinski definition) is 2. The molecule has 4 aromatic rings. The lowest BCUT2D eigenvalue weighted by atomic mass is 10.00. The summed E-state index contributed by atoms with van der Waals surface area (Å²) in [6.45, 7) is 5.09. The van der Waals surface area contributed by atoms with Gasteiger partial charge in [-0.1, -0.05) is 36.4 Å². The molecule has 7 heteroatoms. The van der Waals surface area contributed by atoms with E-state index < -0.39 is 5.97 Å². The van der Waals surface area contributed by atoms with Gasteiger partial charge in [0.25, 0.3) is 0 Å². The third-order valence-electron chi connectivity index (χ3n) is 5.02. The predicted molar refractivity (Wildman–Crippen MR) is 124 cm³/mol. The van der Waals surface area contributed by atoms with Gasteiger partial charge < -0.3 is 15.2 Å². The zero-order valence-corrected chi connectivity index (χ0v) is 18.2. The predicted octanol–water partition coefficient (Wildman–Crippen LogP) is 5.42. The molecule has 158 valence electrons. The zero-order chi connectivity index (χ0) is 21.8. The lowest BCUT2D eigenvalue weighted by Crippen LogP contribution is -2.07. The Morgan fingerprint density at radius 3 is 2.65 bits per heavy atom. The number of rotatable bonds is 8. The lowest BCUT2D eigenvalue weighted by molar-refractivity contribution is 0.0698. The summed E-state index contributed by atoms with van der Waals surface area (Å²) in [6.07, 6.45) is 2.35. The van der Waals surface area contributed by atoms with Crippen LogP contribution in [0.15, 0.2) is 54.9 Å². The molecule has 0 aliphatic rings. The molecule has 0 amide bonds. The second-order valence-electron chi connectivity index (χ2n) is 7.13. The Morgan fingerprint density at radius 2 is 1.90 bits per heavy atom. The quantitative estimate of drug-likeness (QED) is 0.386. The number of thiophene rings is 1. The molecule has 2 N–H and O–H groups in total. The molecule has 0 saturated heterocycles. The molecule has 31 heavy (non-hydrogen) atoms. The van der Waals surface area contributed by atoms with E-state index in [-0.39, 0.29) is 4.88 Å². The fourth-order valence-electron chi connectivity index (χ4n) is 3.50. The number of carbonyl (C=O) groups is 1. The van der Waals surface area contributed by atoms with Gasteiger partial charge in [-0.2, -0.15) is 0 Å². The van der Waals surface area contributed by atoms with Crippen molar-refractivity contribution in [1.29, 1.82) is 0 Å². The maximum Gasteiger partial charge on any atom is 0.349 e. The smallest absolute Gasteiger partial charge is 0.349 e. The number of nitrogens with zero attached hydrogens (tertiary/aromatic N) is 2. The van der Waals surface area contributed by atoms with Gasteiger partial charge in [0.05, 0.1) is 17.2 Å². The number of carboxylic acid groups (broad SMARTS) is 1. The van der Waals surface area contributed by atoms with Crippen molar-refractivity contribution in [2.24, 2.45) is 0 Å². The molecular formula is C24H23N3O3S. The van der Waals surface area contributed by atoms with Crippen molar-refractivity contribution in [3.63, 3.8) is 0 Å². The Balaban J connectivity index is 1.48. The molecule has 0 aliphatic carbocycles. The normalized spacial score (nSPS) is 10.9. The summed E-state index contributed by atoms with van der Waals surface area (Å²) in [4.78, 5) is 21.0. The summed E-state index contributed by atoms with van der Waals surface area (Å²) in [5.74, 6) is 0.0689. The van der Waals surface area contributed by atoms with Crippen LogP contribution in [-0.4, -0.2) is 34.2 Å². The minimum Gasteiger partial charge on any atom is -0.492 e. The van der Waals surface area contributed by atoms with Crippen LogP contribution in [0.5, 0.6) is 5.75 Å². The number of aromatic carboxylic acids is 1. The van der Waals surface area contributed by atoms with Crippen LogP contribution in [0.3, 0.4) is 0 Å². The van der Waals surface area contributed by atoms with Gasteiger partial charge in [-0.25, -0.2) is 14.8 Å². The second kappa shape index (κ2) is 9.14. The van der Waals surface area contributed by atoms with E-state index in [1.807, 2.05) is 13.0 Å². The molecule has 0 saturated carbocycles. The van der Waals surface area contributed by atoms with Crippen LogP contribution in [0.25, 0.3) is 21.3 Å². The molecule has 0 atom stereocenters. The molecule has 0 radical (unpaired) electrons. The number of carboxylic acids is 1. The molecular weight excluding hydrogens is 410 g/mol. The van der Waals surface area contributed by atoms with E-state index in [4.69, 9.17) is 4.74 Å². The van der Waals surface area contributed by atoms with Crippen LogP contribution in [0.1, 0.15) is 27.7 Å². The highest BCUT2D eigenvalue weighted by molar-refractivity contribution is 7.17. The van der Waals surface area contributed by atoms with Crippen molar-refractivity contribution in [3.8, 4) is 16.3 Å². The van der Waals surface area contributed by atoms with Crippen molar-refractivity contribution in [2.45, 2.75) is 20.3 Å². The molecule has 2 aromatic carbocycles. The lowest BCUT2D eigenvalue weighted by Gasteiger charge is -2.10. The maximum absolute atomic E-state index is 11.5. The van der Waals surface area contributed by atoms with Crippen molar-refractivity contribution in [1.82, 2.24) is 9.97 Å². The molecule has 0 unspecified atom stereocenters. The average molecular weight is 434 g/mol. The minimum atomic E-state index is -1.00. The molecule has 0 aliphatic heterocycles. The summed E-state index contributed by atoms with van der Waals surface area (Å²) in [5, 5.41) is 15.2. The number of ether oxygens (including phenoxy) is 1. The van der Waals surface area contributed by atoms with Crippen LogP contribution in [0.4, 0.5) is 5.82 Å². The van der Waals surface area contributed by atoms with Gasteiger partial charge in [0.15, 0.2) is 4.88 Å². The molecule has 2 aromatic heterocycles. The number of hydrogen-bond acceptors (Lipinski definition) is 6. The molecule has 0 bridgehead atoms. The largest absolute Gasteiger partial charge is 0.492 e. The monoisotopic (exact) mass is 433 g/mol. The first-order chi connectivity index (χ1) is 15.0. The Kier molecular flexibility index (Phi) is 6.13. The van der Waals surface area contributed by atoms with Crippen LogP contribution in [0, 0.1) is 6.92 Å². The second-order valence-corrected chi connectivity index (χ2v) is 8.19. The maximum atomic E-state index is 11.5. The summed E-state index contributed by atoms with van der Waals surface area (Å²) in [6, 6.07) is 16.4. The fourth-order valence-corrected chi connectivity index (χ4v) is 4.40. The Morgan fingerprint density at radius 1 is 1.13 bits per heavy atom. The summed E-state index contributed by atoms with van der Waals surface area (Å²) < 4.78 is 5.46. The summed E-state index contributed by atoms with van der Waals surface area (Å²) in [7, 11) is 0. The van der Waals surface area contributed by atoms with E-state index >= 15 is 0 Å². The first-order valence-corrected chi connectivity index (χ1v) is 10.9. The zero-order valence-electron chi connectivity index (χ0n) is 17.4. The Labute approximate surface area is 184 Å². The van der Waals surface area contributed by atoms with Crippen molar-refractivity contribution in [3.05, 3.63) is 70.9 Å². The highest BCUT2D eigenvalue weighted by Gasteiger charge is 2.18. The summed E-state index contributed by atoms with van der Waals surface area (Å²) in [5.41, 5.74) is 3.23. The van der Waals surface area contributed by atoms with Crippen LogP contribution in [0.2, 0.25) is 0 Å². The molecule has 0 spiro atoms. The van der Waals surface area contributed by atoms with Crippen LogP contribution < -0.4 is 10.1 Å². The van der Waals surface area contributed by atoms with Gasteiger partial charge in [0, 0.05) is 18.7 Å². The molecule has 6 nitrogen and oxygen atoms in total. The molecule has 2 heterocycles. The third-order valence-corrected chi connectivity index (χ3v) is 6.14. The van der Waals surface area contributed by atoms with Crippen molar-refractivity contribution >= 4 is 33.9 Å².